The zero-order valence-electron chi connectivity index (χ0n) is 7.53. The quantitative estimate of drug-likeness (QED) is 0.849. The van der Waals surface area contributed by atoms with Crippen LogP contribution in [0, 0.1) is 4.91 Å². The number of aromatic hydroxyl groups is 1. The van der Waals surface area contributed by atoms with Crippen molar-refractivity contribution in [2.24, 2.45) is 0 Å². The van der Waals surface area contributed by atoms with Crippen LogP contribution in [0.1, 0.15) is 5.56 Å². The highest BCUT2D eigenvalue weighted by molar-refractivity contribution is 9.10. The first-order valence-electron chi connectivity index (χ1n) is 3.76. The van der Waals surface area contributed by atoms with Crippen LogP contribution in [-0.4, -0.2) is 17.1 Å². The Morgan fingerprint density at radius 1 is 1.64 bits per heavy atom. The molecule has 0 saturated carbocycles. The molecule has 0 aliphatic heterocycles. The standard InChI is InChI=1S/C9H8BrNO3/c1-3-6-4-7(10)5-8(9(6)12)11(13)14-2/h3-5H,1H2,2H3/p+1. The highest BCUT2D eigenvalue weighted by Gasteiger charge is 2.23. The molecule has 0 atom stereocenters. The van der Waals surface area contributed by atoms with Gasteiger partial charge < -0.3 is 5.11 Å². The molecule has 1 N–H and O–H groups in total. The third kappa shape index (κ3) is 1.93. The van der Waals surface area contributed by atoms with Crippen LogP contribution in [0.2, 0.25) is 0 Å². The number of phenols is 1. The third-order valence-electron chi connectivity index (χ3n) is 1.67. The minimum atomic E-state index is -0.153. The Balaban J connectivity index is 3.36. The van der Waals surface area contributed by atoms with Crippen molar-refractivity contribution >= 4 is 27.7 Å². The predicted octanol–water partition coefficient (Wildman–Crippen LogP) is 2.77. The van der Waals surface area contributed by atoms with E-state index in [1.165, 1.54) is 19.3 Å². The third-order valence-corrected chi connectivity index (χ3v) is 2.12. The van der Waals surface area contributed by atoms with Crippen molar-refractivity contribution in [3.05, 3.63) is 33.7 Å². The molecule has 0 fully saturated rings. The number of rotatable bonds is 3. The Kier molecular flexibility index (Phi) is 3.24. The van der Waals surface area contributed by atoms with Gasteiger partial charge in [0.1, 0.15) is 0 Å². The van der Waals surface area contributed by atoms with E-state index in [2.05, 4.69) is 27.3 Å². The highest BCUT2D eigenvalue weighted by Crippen LogP contribution is 2.34. The molecular weight excluding hydrogens is 250 g/mol. The van der Waals surface area contributed by atoms with Gasteiger partial charge in [0.05, 0.1) is 4.91 Å². The number of nitrogens with zero attached hydrogens (tertiary/aromatic N) is 1. The second-order valence-corrected chi connectivity index (χ2v) is 3.42. The summed E-state index contributed by atoms with van der Waals surface area (Å²) in [4.78, 5) is 15.8. The fourth-order valence-electron chi connectivity index (χ4n) is 0.999. The molecule has 1 rings (SSSR count). The zero-order valence-corrected chi connectivity index (χ0v) is 9.11. The topological polar surface area (TPSA) is 49.5 Å². The Morgan fingerprint density at radius 3 is 2.79 bits per heavy atom. The van der Waals surface area contributed by atoms with Gasteiger partial charge in [-0.2, -0.15) is 0 Å². The van der Waals surface area contributed by atoms with Gasteiger partial charge in [0.2, 0.25) is 5.75 Å². The molecule has 74 valence electrons. The molecule has 0 unspecified atom stereocenters. The fourth-order valence-corrected chi connectivity index (χ4v) is 1.46. The second kappa shape index (κ2) is 4.23. The monoisotopic (exact) mass is 258 g/mol. The van der Waals surface area contributed by atoms with Gasteiger partial charge >= 0.3 is 5.69 Å². The summed E-state index contributed by atoms with van der Waals surface area (Å²) >= 11 is 3.21. The minimum absolute atomic E-state index is 0.0387. The van der Waals surface area contributed by atoms with Gasteiger partial charge in [-0.15, -0.1) is 0 Å². The first-order chi connectivity index (χ1) is 6.60. The van der Waals surface area contributed by atoms with E-state index in [9.17, 15) is 10.0 Å². The van der Waals surface area contributed by atoms with Crippen molar-refractivity contribution in [3.63, 3.8) is 0 Å². The molecule has 0 saturated heterocycles. The van der Waals surface area contributed by atoms with Gasteiger partial charge in [0, 0.05) is 16.1 Å². The van der Waals surface area contributed by atoms with Crippen molar-refractivity contribution in [3.8, 4) is 5.75 Å². The van der Waals surface area contributed by atoms with Gasteiger partial charge in [0.25, 0.3) is 4.92 Å². The molecule has 0 aliphatic carbocycles. The maximum Gasteiger partial charge on any atom is 0.359 e. The van der Waals surface area contributed by atoms with E-state index in [0.29, 0.717) is 10.0 Å². The van der Waals surface area contributed by atoms with Crippen molar-refractivity contribution in [2.45, 2.75) is 0 Å². The van der Waals surface area contributed by atoms with E-state index in [-0.39, 0.29) is 16.4 Å². The summed E-state index contributed by atoms with van der Waals surface area (Å²) in [6.45, 7) is 3.52. The van der Waals surface area contributed by atoms with Crippen molar-refractivity contribution in [1.82, 2.24) is 0 Å². The van der Waals surface area contributed by atoms with Crippen LogP contribution < -0.4 is 0 Å². The summed E-state index contributed by atoms with van der Waals surface area (Å²) in [7, 11) is 1.22. The minimum Gasteiger partial charge on any atom is -0.502 e. The molecule has 0 radical (unpaired) electrons. The molecule has 0 aliphatic rings. The van der Waals surface area contributed by atoms with Crippen LogP contribution in [0.5, 0.6) is 5.75 Å². The van der Waals surface area contributed by atoms with Gasteiger partial charge in [-0.05, 0) is 6.07 Å². The molecule has 0 heterocycles. The molecule has 4 nitrogen and oxygen atoms in total. The smallest absolute Gasteiger partial charge is 0.359 e. The summed E-state index contributed by atoms with van der Waals surface area (Å²) in [5, 5.41) is 9.60. The number of halogens is 1. The van der Waals surface area contributed by atoms with E-state index >= 15 is 0 Å². The molecule has 0 amide bonds. The molecule has 14 heavy (non-hydrogen) atoms. The Morgan fingerprint density at radius 2 is 2.29 bits per heavy atom. The summed E-state index contributed by atoms with van der Waals surface area (Å²) in [6, 6.07) is 3.11. The van der Waals surface area contributed by atoms with Crippen LogP contribution in [0.15, 0.2) is 23.2 Å². The first-order valence-corrected chi connectivity index (χ1v) is 4.55. The highest BCUT2D eigenvalue weighted by atomic mass is 79.9. The summed E-state index contributed by atoms with van der Waals surface area (Å²) in [5.74, 6) is -0.153. The fraction of sp³-hybridized carbons (Fsp3) is 0.111. The maximum atomic E-state index is 11.1. The second-order valence-electron chi connectivity index (χ2n) is 2.51. The Bertz CT molecular complexity index is 390. The summed E-state index contributed by atoms with van der Waals surface area (Å²) in [6.07, 6.45) is 1.45. The van der Waals surface area contributed by atoms with Crippen LogP contribution in [0.25, 0.3) is 6.08 Å². The maximum absolute atomic E-state index is 11.1. The Hall–Kier alpha value is -1.36. The van der Waals surface area contributed by atoms with Crippen LogP contribution in [0.3, 0.4) is 0 Å². The van der Waals surface area contributed by atoms with Crippen molar-refractivity contribution in [1.29, 1.82) is 0 Å². The van der Waals surface area contributed by atoms with Gasteiger partial charge in [-0.25, -0.2) is 4.84 Å². The molecular formula is C9H9BrNO3+. The number of hydrogen-bond donors (Lipinski definition) is 1. The number of phenolic OH excluding ortho intramolecular Hbond substituents is 1. The first kappa shape index (κ1) is 10.7. The predicted molar refractivity (Wildman–Crippen MR) is 56.2 cm³/mol. The molecule has 5 heteroatoms. The lowest BCUT2D eigenvalue weighted by Crippen LogP contribution is -1.98. The molecule has 0 aromatic heterocycles. The zero-order chi connectivity index (χ0) is 10.7. The van der Waals surface area contributed by atoms with Gasteiger partial charge in [-0.3, -0.25) is 0 Å². The van der Waals surface area contributed by atoms with Gasteiger partial charge in [0.15, 0.2) is 7.11 Å². The van der Waals surface area contributed by atoms with E-state index in [0.717, 1.165) is 0 Å². The molecule has 1 aromatic rings. The van der Waals surface area contributed by atoms with E-state index in [1.807, 2.05) is 0 Å². The molecule has 0 bridgehead atoms. The van der Waals surface area contributed by atoms with Crippen molar-refractivity contribution < 1.29 is 14.9 Å². The van der Waals surface area contributed by atoms with Crippen LogP contribution in [-0.2, 0) is 4.84 Å². The largest absolute Gasteiger partial charge is 0.502 e. The number of hydrogen-bond acceptors (Lipinski definition) is 3. The average Bonchev–Trinajstić information content (AvgIpc) is 2.19. The SMILES string of the molecule is C=Cc1cc(Br)cc([N+](=O)OC)c1O. The molecule has 1 aromatic carbocycles. The summed E-state index contributed by atoms with van der Waals surface area (Å²) < 4.78 is 0.665. The normalized spacial score (nSPS) is 9.57. The van der Waals surface area contributed by atoms with Crippen LogP contribution in [0.4, 0.5) is 5.69 Å². The van der Waals surface area contributed by atoms with Gasteiger partial charge in [-0.1, -0.05) is 28.6 Å². The van der Waals surface area contributed by atoms with E-state index in [4.69, 9.17) is 0 Å². The number of benzene rings is 1. The molecule has 0 spiro atoms. The Labute approximate surface area is 89.5 Å². The van der Waals surface area contributed by atoms with E-state index in [1.54, 1.807) is 6.07 Å². The average molecular weight is 259 g/mol. The lowest BCUT2D eigenvalue weighted by atomic mass is 10.2. The van der Waals surface area contributed by atoms with Crippen molar-refractivity contribution in [2.75, 3.05) is 7.11 Å². The summed E-state index contributed by atoms with van der Waals surface area (Å²) in [5.41, 5.74) is 0.504. The van der Waals surface area contributed by atoms with E-state index < -0.39 is 0 Å². The lowest BCUT2D eigenvalue weighted by molar-refractivity contribution is -0.737. The lowest BCUT2D eigenvalue weighted by Gasteiger charge is -1.99. The van der Waals surface area contributed by atoms with Crippen LogP contribution >= 0.6 is 15.9 Å².